The lowest BCUT2D eigenvalue weighted by Gasteiger charge is -2.35. The molecular formula is C24H32N6O4. The number of amides is 2. The van der Waals surface area contributed by atoms with Crippen LogP contribution < -0.4 is 15.0 Å². The number of carbonyl (C=O) groups is 2. The Bertz CT molecular complexity index is 1000. The van der Waals surface area contributed by atoms with E-state index in [4.69, 9.17) is 4.74 Å². The largest absolute Gasteiger partial charge is 0.508 e. The predicted octanol–water partition coefficient (Wildman–Crippen LogP) is 1.99. The number of carbonyl (C=O) groups excluding carboxylic acids is 2. The number of nitrogens with one attached hydrogen (secondary N) is 1. The highest BCUT2D eigenvalue weighted by molar-refractivity contribution is 6.03. The molecule has 0 aliphatic carbocycles. The van der Waals surface area contributed by atoms with Crippen LogP contribution in [0.2, 0.25) is 0 Å². The van der Waals surface area contributed by atoms with E-state index in [0.717, 1.165) is 0 Å². The first-order valence-corrected chi connectivity index (χ1v) is 11.3. The average Bonchev–Trinajstić information content (AvgIpc) is 3.34. The normalized spacial score (nSPS) is 15.8. The number of hydrogen-bond donors (Lipinski definition) is 2. The lowest BCUT2D eigenvalue weighted by molar-refractivity contribution is -0.126. The Hall–Kier alpha value is -3.66. The summed E-state index contributed by atoms with van der Waals surface area (Å²) in [4.78, 5) is 38.8. The van der Waals surface area contributed by atoms with E-state index in [-0.39, 0.29) is 23.4 Å². The summed E-state index contributed by atoms with van der Waals surface area (Å²) in [5.74, 6) is 0.0310. The van der Waals surface area contributed by atoms with Crippen molar-refractivity contribution in [2.75, 3.05) is 63.6 Å². The van der Waals surface area contributed by atoms with Crippen LogP contribution in [-0.4, -0.2) is 90.1 Å². The summed E-state index contributed by atoms with van der Waals surface area (Å²) in [5.41, 5.74) is 0.579. The zero-order valence-corrected chi connectivity index (χ0v) is 19.7. The molecule has 2 aliphatic rings. The monoisotopic (exact) mass is 468 g/mol. The lowest BCUT2D eigenvalue weighted by Crippen LogP contribution is -2.48. The Labute approximate surface area is 199 Å². The molecule has 4 rings (SSSR count). The topological polar surface area (TPSA) is 111 Å². The smallest absolute Gasteiger partial charge is 0.318 e. The van der Waals surface area contributed by atoms with Gasteiger partial charge in [0.2, 0.25) is 5.91 Å². The summed E-state index contributed by atoms with van der Waals surface area (Å²) in [5, 5.41) is 12.2. The highest BCUT2D eigenvalue weighted by Crippen LogP contribution is 2.20. The van der Waals surface area contributed by atoms with Crippen molar-refractivity contribution in [1.82, 2.24) is 19.8 Å². The number of ether oxygens (including phenoxy) is 1. The van der Waals surface area contributed by atoms with E-state index in [1.54, 1.807) is 23.1 Å². The SMILES string of the molecule is C=CC(=O)N1CCN(c2cc(C(=O)Nc3cccc(O)c3)nc(OC)n2)CC1.CN1CCCC1. The molecule has 0 unspecified atom stereocenters. The standard InChI is InChI=1S/C19H21N5O4.C5H11N/c1-3-17(26)24-9-7-23(8-10-24)16-12-15(21-19(22-16)28-2)18(27)20-13-5-4-6-14(25)11-13;1-6-4-2-3-5-6/h3-6,11-12,25H,1,7-10H2,2H3,(H,20,27);2-5H2,1H3. The number of anilines is 2. The minimum atomic E-state index is -0.451. The number of likely N-dealkylation sites (tertiary alicyclic amines) is 1. The molecule has 0 spiro atoms. The number of phenols is 1. The second-order valence-corrected chi connectivity index (χ2v) is 8.13. The summed E-state index contributed by atoms with van der Waals surface area (Å²) >= 11 is 0. The highest BCUT2D eigenvalue weighted by atomic mass is 16.5. The van der Waals surface area contributed by atoms with Crippen molar-refractivity contribution >= 4 is 23.3 Å². The van der Waals surface area contributed by atoms with Gasteiger partial charge in [-0.25, -0.2) is 0 Å². The lowest BCUT2D eigenvalue weighted by atomic mass is 10.2. The molecule has 10 heteroatoms. The van der Waals surface area contributed by atoms with Gasteiger partial charge in [-0.3, -0.25) is 9.59 Å². The van der Waals surface area contributed by atoms with Crippen LogP contribution >= 0.6 is 0 Å². The zero-order valence-electron chi connectivity index (χ0n) is 19.7. The van der Waals surface area contributed by atoms with Crippen LogP contribution in [0.25, 0.3) is 0 Å². The maximum atomic E-state index is 12.6. The number of aromatic hydroxyl groups is 1. The molecule has 1 aromatic heterocycles. The summed E-state index contributed by atoms with van der Waals surface area (Å²) < 4.78 is 5.14. The second-order valence-electron chi connectivity index (χ2n) is 8.13. The molecule has 10 nitrogen and oxygen atoms in total. The number of rotatable bonds is 5. The van der Waals surface area contributed by atoms with Gasteiger partial charge in [0.05, 0.1) is 7.11 Å². The summed E-state index contributed by atoms with van der Waals surface area (Å²) in [6.07, 6.45) is 4.13. The molecular weight excluding hydrogens is 436 g/mol. The Morgan fingerprint density at radius 3 is 2.35 bits per heavy atom. The van der Waals surface area contributed by atoms with Crippen molar-refractivity contribution < 1.29 is 19.4 Å². The van der Waals surface area contributed by atoms with Crippen molar-refractivity contribution in [1.29, 1.82) is 0 Å². The van der Waals surface area contributed by atoms with Gasteiger partial charge < -0.3 is 29.9 Å². The van der Waals surface area contributed by atoms with Gasteiger partial charge in [0.25, 0.3) is 5.91 Å². The Kier molecular flexibility index (Phi) is 8.80. The van der Waals surface area contributed by atoms with E-state index >= 15 is 0 Å². The molecule has 2 aliphatic heterocycles. The van der Waals surface area contributed by atoms with Gasteiger partial charge in [-0.2, -0.15) is 9.97 Å². The van der Waals surface area contributed by atoms with Crippen molar-refractivity contribution in [2.24, 2.45) is 0 Å². The minimum Gasteiger partial charge on any atom is -0.508 e. The summed E-state index contributed by atoms with van der Waals surface area (Å²) in [7, 11) is 3.60. The number of nitrogens with zero attached hydrogens (tertiary/aromatic N) is 5. The molecule has 1 aromatic carbocycles. The van der Waals surface area contributed by atoms with Crippen molar-refractivity contribution in [3.63, 3.8) is 0 Å². The molecule has 3 heterocycles. The van der Waals surface area contributed by atoms with Gasteiger partial charge in [0.15, 0.2) is 0 Å². The number of hydrogen-bond acceptors (Lipinski definition) is 8. The Balaban J connectivity index is 0.000000469. The maximum Gasteiger partial charge on any atom is 0.318 e. The minimum absolute atomic E-state index is 0.0469. The molecule has 2 N–H and O–H groups in total. The second kappa shape index (κ2) is 12.0. The summed E-state index contributed by atoms with van der Waals surface area (Å²) in [6.45, 7) is 8.33. The first-order valence-electron chi connectivity index (χ1n) is 11.3. The van der Waals surface area contributed by atoms with Gasteiger partial charge in [-0.05, 0) is 51.2 Å². The van der Waals surface area contributed by atoms with Crippen LogP contribution in [0.5, 0.6) is 11.8 Å². The van der Waals surface area contributed by atoms with Crippen molar-refractivity contribution in [2.45, 2.75) is 12.8 Å². The third-order valence-corrected chi connectivity index (χ3v) is 5.63. The molecule has 2 fully saturated rings. The number of benzene rings is 1. The third kappa shape index (κ3) is 6.92. The van der Waals surface area contributed by atoms with E-state index in [1.165, 1.54) is 51.2 Å². The molecule has 34 heavy (non-hydrogen) atoms. The van der Waals surface area contributed by atoms with Crippen LogP contribution in [0.4, 0.5) is 11.5 Å². The van der Waals surface area contributed by atoms with E-state index in [0.29, 0.717) is 37.7 Å². The quantitative estimate of drug-likeness (QED) is 0.641. The molecule has 0 radical (unpaired) electrons. The molecule has 2 saturated heterocycles. The van der Waals surface area contributed by atoms with E-state index in [2.05, 4.69) is 33.8 Å². The van der Waals surface area contributed by atoms with E-state index in [9.17, 15) is 14.7 Å². The third-order valence-electron chi connectivity index (χ3n) is 5.63. The molecule has 0 bridgehead atoms. The van der Waals surface area contributed by atoms with Crippen LogP contribution in [0.15, 0.2) is 43.0 Å². The van der Waals surface area contributed by atoms with Gasteiger partial charge in [0, 0.05) is 44.0 Å². The first-order chi connectivity index (χ1) is 16.4. The fourth-order valence-electron chi connectivity index (χ4n) is 3.72. The van der Waals surface area contributed by atoms with Gasteiger partial charge in [-0.15, -0.1) is 0 Å². The van der Waals surface area contributed by atoms with Gasteiger partial charge in [0.1, 0.15) is 17.3 Å². The highest BCUT2D eigenvalue weighted by Gasteiger charge is 2.22. The van der Waals surface area contributed by atoms with Crippen LogP contribution in [0.3, 0.4) is 0 Å². The van der Waals surface area contributed by atoms with Crippen LogP contribution in [-0.2, 0) is 4.79 Å². The van der Waals surface area contributed by atoms with Crippen LogP contribution in [0, 0.1) is 0 Å². The van der Waals surface area contributed by atoms with Gasteiger partial charge >= 0.3 is 6.01 Å². The number of phenolic OH excluding ortho intramolecular Hbond substituents is 1. The number of methoxy groups -OCH3 is 1. The van der Waals surface area contributed by atoms with Crippen molar-refractivity contribution in [3.8, 4) is 11.8 Å². The summed E-state index contributed by atoms with van der Waals surface area (Å²) in [6, 6.07) is 7.88. The zero-order chi connectivity index (χ0) is 24.5. The molecule has 0 saturated carbocycles. The predicted molar refractivity (Wildman–Crippen MR) is 130 cm³/mol. The fraction of sp³-hybridized carbons (Fsp3) is 0.417. The van der Waals surface area contributed by atoms with E-state index in [1.807, 2.05) is 4.90 Å². The van der Waals surface area contributed by atoms with Crippen molar-refractivity contribution in [3.05, 3.63) is 48.7 Å². The average molecular weight is 469 g/mol. The molecule has 2 aromatic rings. The maximum absolute atomic E-state index is 12.6. The van der Waals surface area contributed by atoms with Gasteiger partial charge in [-0.1, -0.05) is 12.6 Å². The number of piperazine rings is 1. The van der Waals surface area contributed by atoms with E-state index < -0.39 is 5.91 Å². The Morgan fingerprint density at radius 1 is 1.09 bits per heavy atom. The first kappa shape index (κ1) is 25.0. The molecule has 182 valence electrons. The molecule has 2 amide bonds. The molecule has 0 atom stereocenters. The Morgan fingerprint density at radius 2 is 1.79 bits per heavy atom. The van der Waals surface area contributed by atoms with Crippen LogP contribution in [0.1, 0.15) is 23.3 Å². The number of aromatic nitrogens is 2. The fourth-order valence-corrected chi connectivity index (χ4v) is 3.72.